The Labute approximate surface area is 105 Å². The summed E-state index contributed by atoms with van der Waals surface area (Å²) in [7, 11) is 12.3. The second-order valence-electron chi connectivity index (χ2n) is 3.00. The zero-order valence-electron chi connectivity index (χ0n) is 9.49. The molecule has 0 aliphatic rings. The van der Waals surface area contributed by atoms with E-state index < -0.39 is 0 Å². The third-order valence-corrected chi connectivity index (χ3v) is 6.73. The van der Waals surface area contributed by atoms with Crippen LogP contribution in [0, 0.1) is 0 Å². The van der Waals surface area contributed by atoms with Crippen LogP contribution >= 0.6 is 43.2 Å². The molecule has 0 aliphatic carbocycles. The first kappa shape index (κ1) is 15.4. The lowest BCUT2D eigenvalue weighted by atomic mass is 10.4. The van der Waals surface area contributed by atoms with E-state index in [-0.39, 0.29) is 0 Å². The largest absolute Gasteiger partial charge is 0.305 e. The maximum atomic E-state index is 2.34. The van der Waals surface area contributed by atoms with Crippen LogP contribution in [-0.2, 0) is 0 Å². The van der Waals surface area contributed by atoms with E-state index in [1.54, 1.807) is 0 Å². The van der Waals surface area contributed by atoms with E-state index in [2.05, 4.69) is 32.8 Å². The van der Waals surface area contributed by atoms with Gasteiger partial charge >= 0.3 is 0 Å². The van der Waals surface area contributed by atoms with Gasteiger partial charge in [-0.15, -0.1) is 0 Å². The molecule has 0 aromatic carbocycles. The van der Waals surface area contributed by atoms with Gasteiger partial charge in [-0.1, -0.05) is 57.0 Å². The Morgan fingerprint density at radius 3 is 1.57 bits per heavy atom. The first-order valence-electron chi connectivity index (χ1n) is 4.87. The van der Waals surface area contributed by atoms with Crippen molar-refractivity contribution in [1.29, 1.82) is 0 Å². The van der Waals surface area contributed by atoms with E-state index in [0.29, 0.717) is 6.04 Å². The molecule has 0 atom stereocenters. The minimum atomic E-state index is 0.711. The highest BCUT2D eigenvalue weighted by Gasteiger charge is 2.11. The highest BCUT2D eigenvalue weighted by atomic mass is 33.1. The van der Waals surface area contributed by atoms with Crippen LogP contribution in [0.1, 0.15) is 13.8 Å². The van der Waals surface area contributed by atoms with E-state index in [0.717, 1.165) is 0 Å². The zero-order valence-corrected chi connectivity index (χ0v) is 12.8. The molecule has 0 bridgehead atoms. The first-order chi connectivity index (χ1) is 6.72. The molecule has 14 heavy (non-hydrogen) atoms. The van der Waals surface area contributed by atoms with E-state index in [1.165, 1.54) is 23.0 Å². The van der Waals surface area contributed by atoms with E-state index in [9.17, 15) is 0 Å². The van der Waals surface area contributed by atoms with Crippen molar-refractivity contribution in [3.8, 4) is 0 Å². The van der Waals surface area contributed by atoms with Crippen molar-refractivity contribution in [1.82, 2.24) is 4.90 Å². The first-order valence-corrected chi connectivity index (χ1v) is 9.85. The molecule has 0 saturated carbocycles. The normalized spacial score (nSPS) is 11.6. The fourth-order valence-electron chi connectivity index (χ4n) is 0.766. The van der Waals surface area contributed by atoms with Crippen molar-refractivity contribution >= 4 is 43.2 Å². The van der Waals surface area contributed by atoms with Crippen LogP contribution in [0.2, 0.25) is 0 Å². The maximum Gasteiger partial charge on any atom is 0.0287 e. The highest BCUT2D eigenvalue weighted by Crippen LogP contribution is 2.27. The molecule has 0 aromatic heterocycles. The monoisotopic (exact) mass is 271 g/mol. The van der Waals surface area contributed by atoms with Gasteiger partial charge in [0.25, 0.3) is 0 Å². The van der Waals surface area contributed by atoms with Crippen molar-refractivity contribution < 1.29 is 0 Å². The summed E-state index contributed by atoms with van der Waals surface area (Å²) in [4.78, 5) is 2.34. The topological polar surface area (TPSA) is 3.24 Å². The van der Waals surface area contributed by atoms with Gasteiger partial charge in [0.2, 0.25) is 0 Å². The van der Waals surface area contributed by atoms with Crippen molar-refractivity contribution in [2.24, 2.45) is 0 Å². The molecule has 0 saturated heterocycles. The van der Waals surface area contributed by atoms with Gasteiger partial charge in [-0.3, -0.25) is 0 Å². The van der Waals surface area contributed by atoms with Gasteiger partial charge in [-0.05, 0) is 14.1 Å². The summed E-state index contributed by atoms with van der Waals surface area (Å²) in [5.41, 5.74) is 0. The third-order valence-electron chi connectivity index (χ3n) is 1.65. The summed E-state index contributed by atoms with van der Waals surface area (Å²) >= 11 is 0. The number of nitrogens with zero attached hydrogens (tertiary/aromatic N) is 1. The van der Waals surface area contributed by atoms with Crippen LogP contribution in [0.4, 0.5) is 0 Å². The Kier molecular flexibility index (Phi) is 11.9. The second-order valence-corrected chi connectivity index (χ2v) is 8.59. The SMILES string of the molecule is CCSSCC(CSSCC)N(C)C. The van der Waals surface area contributed by atoms with Crippen LogP contribution < -0.4 is 0 Å². The van der Waals surface area contributed by atoms with E-state index in [1.807, 2.05) is 43.2 Å². The molecule has 0 rings (SSSR count). The van der Waals surface area contributed by atoms with Crippen molar-refractivity contribution in [2.45, 2.75) is 19.9 Å². The van der Waals surface area contributed by atoms with E-state index in [4.69, 9.17) is 0 Å². The molecule has 0 unspecified atom stereocenters. The van der Waals surface area contributed by atoms with Gasteiger partial charge < -0.3 is 4.90 Å². The van der Waals surface area contributed by atoms with Gasteiger partial charge in [-0.2, -0.15) is 0 Å². The summed E-state index contributed by atoms with van der Waals surface area (Å²) in [5.74, 6) is 4.90. The lowest BCUT2D eigenvalue weighted by Crippen LogP contribution is -2.32. The molecule has 0 spiro atoms. The standard InChI is InChI=1S/C9H21NS4/c1-5-11-13-7-9(10(3)4)8-14-12-6-2/h9H,5-8H2,1-4H3. The van der Waals surface area contributed by atoms with Gasteiger partial charge in [0.15, 0.2) is 0 Å². The molecule has 1 nitrogen and oxygen atoms in total. The molecule has 0 radical (unpaired) electrons. The van der Waals surface area contributed by atoms with Gasteiger partial charge in [0, 0.05) is 29.1 Å². The van der Waals surface area contributed by atoms with Crippen LogP contribution in [0.15, 0.2) is 0 Å². The smallest absolute Gasteiger partial charge is 0.0287 e. The predicted octanol–water partition coefficient (Wildman–Crippen LogP) is 3.72. The van der Waals surface area contributed by atoms with Crippen molar-refractivity contribution in [3.63, 3.8) is 0 Å². The van der Waals surface area contributed by atoms with Crippen LogP contribution in [0.5, 0.6) is 0 Å². The average Bonchev–Trinajstić information content (AvgIpc) is 2.15. The lowest BCUT2D eigenvalue weighted by Gasteiger charge is -2.22. The Hall–Kier alpha value is 1.36. The molecular weight excluding hydrogens is 250 g/mol. The minimum Gasteiger partial charge on any atom is -0.305 e. The highest BCUT2D eigenvalue weighted by molar-refractivity contribution is 8.77. The second kappa shape index (κ2) is 10.9. The van der Waals surface area contributed by atoms with E-state index >= 15 is 0 Å². The molecule has 0 aromatic rings. The molecule has 86 valence electrons. The summed E-state index contributed by atoms with van der Waals surface area (Å²) in [6.07, 6.45) is 0. The molecule has 0 fully saturated rings. The van der Waals surface area contributed by atoms with Crippen LogP contribution in [0.25, 0.3) is 0 Å². The zero-order chi connectivity index (χ0) is 10.8. The van der Waals surface area contributed by atoms with Gasteiger partial charge in [0.1, 0.15) is 0 Å². The molecule has 5 heteroatoms. The predicted molar refractivity (Wildman–Crippen MR) is 78.7 cm³/mol. The Balaban J connectivity index is 3.55. The molecule has 0 aliphatic heterocycles. The van der Waals surface area contributed by atoms with Gasteiger partial charge in [0.05, 0.1) is 0 Å². The molecule has 0 N–H and O–H groups in total. The number of hydrogen-bond donors (Lipinski definition) is 0. The van der Waals surface area contributed by atoms with Crippen LogP contribution in [-0.4, -0.2) is 48.0 Å². The number of rotatable bonds is 9. The van der Waals surface area contributed by atoms with Gasteiger partial charge in [-0.25, -0.2) is 0 Å². The van der Waals surface area contributed by atoms with Crippen molar-refractivity contribution in [2.75, 3.05) is 37.1 Å². The molecular formula is C9H21NS4. The van der Waals surface area contributed by atoms with Crippen LogP contribution in [0.3, 0.4) is 0 Å². The molecule has 0 heterocycles. The fourth-order valence-corrected chi connectivity index (χ4v) is 5.11. The lowest BCUT2D eigenvalue weighted by molar-refractivity contribution is 0.345. The Morgan fingerprint density at radius 1 is 0.857 bits per heavy atom. The summed E-state index contributed by atoms with van der Waals surface area (Å²) in [6, 6.07) is 0.711. The Bertz CT molecular complexity index is 111. The summed E-state index contributed by atoms with van der Waals surface area (Å²) in [5, 5.41) is 0. The summed E-state index contributed by atoms with van der Waals surface area (Å²) in [6.45, 7) is 4.42. The van der Waals surface area contributed by atoms with Crippen molar-refractivity contribution in [3.05, 3.63) is 0 Å². The Morgan fingerprint density at radius 2 is 1.29 bits per heavy atom. The third kappa shape index (κ3) is 8.65. The average molecular weight is 272 g/mol. The maximum absolute atomic E-state index is 2.34. The summed E-state index contributed by atoms with van der Waals surface area (Å²) < 4.78 is 0. The quantitative estimate of drug-likeness (QED) is 0.463. The molecule has 0 amide bonds. The number of hydrogen-bond acceptors (Lipinski definition) is 5. The fraction of sp³-hybridized carbons (Fsp3) is 1.00. The minimum absolute atomic E-state index is 0.711.